The molecule has 1 atom stereocenters. The number of carbonyl (C=O) groups excluding carboxylic acids is 1. The number of aryl methyl sites for hydroxylation is 1. The molecular formula is C16H22N6O3S. The Hall–Kier alpha value is -2.20. The highest BCUT2D eigenvalue weighted by atomic mass is 32.2. The zero-order chi connectivity index (χ0) is 18.3. The highest BCUT2D eigenvalue weighted by Gasteiger charge is 2.35. The highest BCUT2D eigenvalue weighted by molar-refractivity contribution is 7.89. The molecule has 2 aromatic heterocycles. The number of amides is 1. The number of sulfonamides is 1. The third kappa shape index (κ3) is 3.03. The van der Waals surface area contributed by atoms with E-state index in [1.807, 2.05) is 15.6 Å². The van der Waals surface area contributed by atoms with Crippen LogP contribution in [0.4, 0.5) is 0 Å². The zero-order valence-electron chi connectivity index (χ0n) is 14.7. The largest absolute Gasteiger partial charge is 0.343 e. The molecule has 0 bridgehead atoms. The van der Waals surface area contributed by atoms with E-state index >= 15 is 0 Å². The average molecular weight is 378 g/mol. The maximum Gasteiger partial charge on any atom is 0.262 e. The molecule has 4 heterocycles. The number of carbonyl (C=O) groups is 1. The van der Waals surface area contributed by atoms with Gasteiger partial charge in [-0.2, -0.15) is 9.40 Å². The first kappa shape index (κ1) is 17.2. The Labute approximate surface area is 152 Å². The molecule has 2 aliphatic heterocycles. The quantitative estimate of drug-likeness (QED) is 0.750. The summed E-state index contributed by atoms with van der Waals surface area (Å²) in [5, 5.41) is 4.42. The van der Waals surface area contributed by atoms with Gasteiger partial charge in [0, 0.05) is 45.5 Å². The summed E-state index contributed by atoms with van der Waals surface area (Å²) < 4.78 is 30.9. The summed E-state index contributed by atoms with van der Waals surface area (Å²) in [5.74, 6) is 0.180. The van der Waals surface area contributed by atoms with Crippen LogP contribution in [0.1, 0.15) is 31.0 Å². The Balaban J connectivity index is 1.55. The lowest BCUT2D eigenvalue weighted by atomic mass is 10.1. The van der Waals surface area contributed by atoms with E-state index < -0.39 is 10.0 Å². The number of likely N-dealkylation sites (tertiary alicyclic amines) is 1. The van der Waals surface area contributed by atoms with E-state index in [1.165, 1.54) is 16.8 Å². The number of fused-ring (bicyclic) bond motifs is 1. The van der Waals surface area contributed by atoms with Crippen LogP contribution in [-0.2, 0) is 28.4 Å². The number of hydrogen-bond acceptors (Lipinski definition) is 5. The van der Waals surface area contributed by atoms with Crippen LogP contribution in [-0.4, -0.2) is 62.5 Å². The van der Waals surface area contributed by atoms with Crippen molar-refractivity contribution in [2.24, 2.45) is 7.05 Å². The number of aromatic nitrogens is 4. The molecule has 0 saturated carbocycles. The van der Waals surface area contributed by atoms with E-state index in [0.717, 1.165) is 18.7 Å². The van der Waals surface area contributed by atoms with Crippen molar-refractivity contribution in [3.8, 4) is 0 Å². The molecule has 0 N–H and O–H groups in total. The van der Waals surface area contributed by atoms with Crippen molar-refractivity contribution >= 4 is 15.9 Å². The van der Waals surface area contributed by atoms with Crippen molar-refractivity contribution in [1.82, 2.24) is 28.5 Å². The summed E-state index contributed by atoms with van der Waals surface area (Å²) >= 11 is 0. The number of imidazole rings is 1. The SMILES string of the molecule is Cn1cnc(S(=O)(=O)N2Cc3ccnn3C(CCN3CCCC3=O)C2)c1. The fraction of sp³-hybridized carbons (Fsp3) is 0.562. The predicted molar refractivity (Wildman–Crippen MR) is 92.5 cm³/mol. The van der Waals surface area contributed by atoms with Crippen molar-refractivity contribution in [3.63, 3.8) is 0 Å². The van der Waals surface area contributed by atoms with Gasteiger partial charge >= 0.3 is 0 Å². The van der Waals surface area contributed by atoms with Crippen LogP contribution in [0.25, 0.3) is 0 Å². The van der Waals surface area contributed by atoms with Gasteiger partial charge in [0.1, 0.15) is 0 Å². The Morgan fingerprint density at radius 1 is 1.35 bits per heavy atom. The van der Waals surface area contributed by atoms with Crippen LogP contribution in [0, 0.1) is 0 Å². The molecule has 1 unspecified atom stereocenters. The van der Waals surface area contributed by atoms with Gasteiger partial charge in [-0.3, -0.25) is 9.48 Å². The van der Waals surface area contributed by atoms with E-state index in [-0.39, 0.29) is 23.5 Å². The van der Waals surface area contributed by atoms with Crippen LogP contribution < -0.4 is 0 Å². The molecule has 0 aliphatic carbocycles. The molecule has 9 nitrogen and oxygen atoms in total. The fourth-order valence-electron chi connectivity index (χ4n) is 3.65. The van der Waals surface area contributed by atoms with Gasteiger partial charge in [0.25, 0.3) is 10.0 Å². The maximum atomic E-state index is 12.9. The zero-order valence-corrected chi connectivity index (χ0v) is 15.5. The third-order valence-corrected chi connectivity index (χ3v) is 6.74. The van der Waals surface area contributed by atoms with Crippen molar-refractivity contribution in [3.05, 3.63) is 30.5 Å². The van der Waals surface area contributed by atoms with Crippen molar-refractivity contribution in [1.29, 1.82) is 0 Å². The summed E-state index contributed by atoms with van der Waals surface area (Å²) in [5.41, 5.74) is 0.855. The summed E-state index contributed by atoms with van der Waals surface area (Å²) in [4.78, 5) is 17.7. The average Bonchev–Trinajstić information content (AvgIpc) is 3.33. The van der Waals surface area contributed by atoms with Crippen LogP contribution in [0.2, 0.25) is 0 Å². The third-order valence-electron chi connectivity index (χ3n) is 5.04. The van der Waals surface area contributed by atoms with Gasteiger partial charge in [-0.15, -0.1) is 0 Å². The molecule has 10 heteroatoms. The lowest BCUT2D eigenvalue weighted by Crippen LogP contribution is -2.42. The molecule has 0 aromatic carbocycles. The van der Waals surface area contributed by atoms with Gasteiger partial charge < -0.3 is 9.47 Å². The normalized spacial score (nSPS) is 21.3. The van der Waals surface area contributed by atoms with E-state index in [1.54, 1.807) is 17.8 Å². The van der Waals surface area contributed by atoms with Gasteiger partial charge in [0.15, 0.2) is 5.03 Å². The number of rotatable bonds is 5. The summed E-state index contributed by atoms with van der Waals surface area (Å²) in [7, 11) is -1.92. The molecule has 0 spiro atoms. The Kier molecular flexibility index (Phi) is 4.31. The number of hydrogen-bond donors (Lipinski definition) is 0. The molecule has 2 aliphatic rings. The monoisotopic (exact) mass is 378 g/mol. The van der Waals surface area contributed by atoms with Crippen LogP contribution in [0.15, 0.2) is 29.8 Å². The van der Waals surface area contributed by atoms with Gasteiger partial charge in [-0.1, -0.05) is 0 Å². The molecule has 1 saturated heterocycles. The first-order chi connectivity index (χ1) is 12.4. The highest BCUT2D eigenvalue weighted by Crippen LogP contribution is 2.28. The van der Waals surface area contributed by atoms with Crippen LogP contribution in [0.5, 0.6) is 0 Å². The Morgan fingerprint density at radius 2 is 2.19 bits per heavy atom. The minimum atomic E-state index is -3.66. The summed E-state index contributed by atoms with van der Waals surface area (Å²) in [6.45, 7) is 2.02. The van der Waals surface area contributed by atoms with Crippen molar-refractivity contribution < 1.29 is 13.2 Å². The second-order valence-corrected chi connectivity index (χ2v) is 8.75. The minimum absolute atomic E-state index is 0.0569. The van der Waals surface area contributed by atoms with Gasteiger partial charge in [0.05, 0.1) is 24.6 Å². The minimum Gasteiger partial charge on any atom is -0.343 e. The van der Waals surface area contributed by atoms with Crippen LogP contribution in [0.3, 0.4) is 0 Å². The Morgan fingerprint density at radius 3 is 2.88 bits per heavy atom. The second kappa shape index (κ2) is 6.51. The summed E-state index contributed by atoms with van der Waals surface area (Å²) in [6.07, 6.45) is 6.88. The lowest BCUT2D eigenvalue weighted by Gasteiger charge is -2.33. The van der Waals surface area contributed by atoms with E-state index in [4.69, 9.17) is 0 Å². The predicted octanol–water partition coefficient (Wildman–Crippen LogP) is 0.375. The molecule has 2 aromatic rings. The van der Waals surface area contributed by atoms with E-state index in [9.17, 15) is 13.2 Å². The topological polar surface area (TPSA) is 93.3 Å². The van der Waals surface area contributed by atoms with Crippen LogP contribution >= 0.6 is 0 Å². The number of nitrogens with zero attached hydrogens (tertiary/aromatic N) is 6. The fourth-order valence-corrected chi connectivity index (χ4v) is 5.06. The lowest BCUT2D eigenvalue weighted by molar-refractivity contribution is -0.127. The van der Waals surface area contributed by atoms with Gasteiger partial charge in [0.2, 0.25) is 5.91 Å². The summed E-state index contributed by atoms with van der Waals surface area (Å²) in [6, 6.07) is 1.74. The molecule has 4 rings (SSSR count). The van der Waals surface area contributed by atoms with E-state index in [0.29, 0.717) is 25.9 Å². The molecule has 0 radical (unpaired) electrons. The maximum absolute atomic E-state index is 12.9. The molecular weight excluding hydrogens is 356 g/mol. The Bertz CT molecular complexity index is 918. The molecule has 1 fully saturated rings. The smallest absolute Gasteiger partial charge is 0.262 e. The van der Waals surface area contributed by atoms with Gasteiger partial charge in [-0.05, 0) is 18.9 Å². The standard InChI is InChI=1S/C16H22N6O3S/c1-19-11-15(17-12-19)26(24,25)21-9-13-4-6-18-22(13)14(10-21)5-8-20-7-2-3-16(20)23/h4,6,11-12,14H,2-3,5,7-10H2,1H3. The first-order valence-electron chi connectivity index (χ1n) is 8.73. The first-order valence-corrected chi connectivity index (χ1v) is 10.2. The molecule has 140 valence electrons. The molecule has 26 heavy (non-hydrogen) atoms. The van der Waals surface area contributed by atoms with Gasteiger partial charge in [-0.25, -0.2) is 13.4 Å². The van der Waals surface area contributed by atoms with E-state index in [2.05, 4.69) is 10.1 Å². The second-order valence-electron chi connectivity index (χ2n) is 6.87. The van der Waals surface area contributed by atoms with Crippen molar-refractivity contribution in [2.45, 2.75) is 36.9 Å². The molecule has 1 amide bonds. The van der Waals surface area contributed by atoms with Crippen molar-refractivity contribution in [2.75, 3.05) is 19.6 Å².